The summed E-state index contributed by atoms with van der Waals surface area (Å²) in [5.74, 6) is -1.87. The Morgan fingerprint density at radius 2 is 1.85 bits per heavy atom. The topological polar surface area (TPSA) is 41.9 Å². The summed E-state index contributed by atoms with van der Waals surface area (Å²) in [4.78, 5) is 19.2. The van der Waals surface area contributed by atoms with Crippen molar-refractivity contribution in [1.29, 1.82) is 0 Å². The molecule has 3 rings (SSSR count). The monoisotopic (exact) mass is 376 g/mol. The molecule has 0 N–H and O–H groups in total. The maximum Gasteiger partial charge on any atom is 0.222 e. The summed E-state index contributed by atoms with van der Waals surface area (Å²) in [5, 5.41) is 4.02. The van der Waals surface area contributed by atoms with Gasteiger partial charge in [-0.3, -0.25) is 4.79 Å². The smallest absolute Gasteiger partial charge is 0.222 e. The van der Waals surface area contributed by atoms with Gasteiger partial charge in [0.2, 0.25) is 5.91 Å². The van der Waals surface area contributed by atoms with Gasteiger partial charge in [-0.2, -0.15) is 0 Å². The number of carbonyl (C=O) groups is 1. The maximum absolute atomic E-state index is 13.9. The molecule has 1 heterocycles. The predicted molar refractivity (Wildman–Crippen MR) is 94.5 cm³/mol. The summed E-state index contributed by atoms with van der Waals surface area (Å²) in [6.07, 6.45) is 0.316. The minimum absolute atomic E-state index is 0.0184. The summed E-state index contributed by atoms with van der Waals surface area (Å²) < 4.78 is 40.1. The van der Waals surface area contributed by atoms with Crippen LogP contribution in [-0.2, 0) is 16.2 Å². The molecule has 1 aliphatic heterocycles. The molecular weight excluding hydrogens is 357 g/mol. The molecular formula is C20H19F3N2O2. The molecule has 0 aromatic heterocycles. The molecule has 1 amide bonds. The van der Waals surface area contributed by atoms with Crippen molar-refractivity contribution < 1.29 is 22.8 Å². The average Bonchev–Trinajstić information content (AvgIpc) is 3.11. The lowest BCUT2D eigenvalue weighted by Gasteiger charge is -2.24. The minimum Gasteiger partial charge on any atom is -0.390 e. The normalized spacial score (nSPS) is 16.0. The summed E-state index contributed by atoms with van der Waals surface area (Å²) in [7, 11) is 0. The van der Waals surface area contributed by atoms with Crippen molar-refractivity contribution in [3.05, 3.63) is 71.0 Å². The molecule has 2 aromatic carbocycles. The van der Waals surface area contributed by atoms with Crippen LogP contribution in [-0.4, -0.2) is 29.2 Å². The van der Waals surface area contributed by atoms with Gasteiger partial charge < -0.3 is 9.74 Å². The summed E-state index contributed by atoms with van der Waals surface area (Å²) in [6.45, 7) is 1.95. The van der Waals surface area contributed by atoms with E-state index in [2.05, 4.69) is 5.16 Å². The van der Waals surface area contributed by atoms with E-state index in [1.54, 1.807) is 19.1 Å². The van der Waals surface area contributed by atoms with Gasteiger partial charge in [-0.25, -0.2) is 13.2 Å². The van der Waals surface area contributed by atoms with Gasteiger partial charge in [0, 0.05) is 31.0 Å². The van der Waals surface area contributed by atoms with E-state index in [1.165, 1.54) is 23.1 Å². The summed E-state index contributed by atoms with van der Waals surface area (Å²) in [6, 6.07) is 9.20. The molecule has 1 atom stereocenters. The lowest BCUT2D eigenvalue weighted by Crippen LogP contribution is -2.37. The highest BCUT2D eigenvalue weighted by atomic mass is 19.1. The van der Waals surface area contributed by atoms with E-state index in [0.29, 0.717) is 12.1 Å². The van der Waals surface area contributed by atoms with Gasteiger partial charge >= 0.3 is 0 Å². The van der Waals surface area contributed by atoms with Crippen LogP contribution in [0, 0.1) is 17.5 Å². The fourth-order valence-electron chi connectivity index (χ4n) is 2.92. The van der Waals surface area contributed by atoms with Crippen LogP contribution in [0.4, 0.5) is 13.2 Å². The molecule has 0 aliphatic carbocycles. The molecule has 2 aromatic rings. The van der Waals surface area contributed by atoms with Crippen LogP contribution in [0.3, 0.4) is 0 Å². The lowest BCUT2D eigenvalue weighted by molar-refractivity contribution is -0.133. The second-order valence-electron chi connectivity index (χ2n) is 6.34. The van der Waals surface area contributed by atoms with Crippen LogP contribution < -0.4 is 0 Å². The standard InChI is InChI=1S/C20H19F3N2O2/c1-2-20(26)25(11-14-5-8-16(22)9-18(14)23)12-17-10-19(24-27-17)13-3-6-15(21)7-4-13/h3-9,17H,2,10-12H2,1H3/t17-/m0/s1. The Hall–Kier alpha value is -2.83. The second-order valence-corrected chi connectivity index (χ2v) is 6.34. The van der Waals surface area contributed by atoms with E-state index in [0.717, 1.165) is 17.7 Å². The number of carbonyl (C=O) groups excluding carboxylic acids is 1. The minimum atomic E-state index is -0.695. The van der Waals surface area contributed by atoms with Crippen LogP contribution in [0.5, 0.6) is 0 Å². The number of rotatable bonds is 6. The van der Waals surface area contributed by atoms with E-state index in [4.69, 9.17) is 4.84 Å². The molecule has 0 spiro atoms. The molecule has 0 bridgehead atoms. The van der Waals surface area contributed by atoms with Crippen LogP contribution >= 0.6 is 0 Å². The fraction of sp³-hybridized carbons (Fsp3) is 0.300. The second kappa shape index (κ2) is 8.24. The molecule has 27 heavy (non-hydrogen) atoms. The van der Waals surface area contributed by atoms with Gasteiger partial charge in [-0.15, -0.1) is 0 Å². The zero-order valence-corrected chi connectivity index (χ0v) is 14.8. The van der Waals surface area contributed by atoms with Gasteiger partial charge in [0.1, 0.15) is 17.5 Å². The third-order valence-corrected chi connectivity index (χ3v) is 4.37. The number of hydrogen-bond donors (Lipinski definition) is 0. The summed E-state index contributed by atoms with van der Waals surface area (Å²) >= 11 is 0. The average molecular weight is 376 g/mol. The molecule has 0 saturated carbocycles. The maximum atomic E-state index is 13.9. The third-order valence-electron chi connectivity index (χ3n) is 4.37. The Bertz CT molecular complexity index is 853. The first-order chi connectivity index (χ1) is 13.0. The molecule has 4 nitrogen and oxygen atoms in total. The highest BCUT2D eigenvalue weighted by molar-refractivity contribution is 6.01. The lowest BCUT2D eigenvalue weighted by atomic mass is 10.0. The van der Waals surface area contributed by atoms with E-state index >= 15 is 0 Å². The molecule has 1 aliphatic rings. The first-order valence-electron chi connectivity index (χ1n) is 8.66. The Balaban J connectivity index is 1.67. The van der Waals surface area contributed by atoms with Crippen molar-refractivity contribution in [2.75, 3.05) is 6.54 Å². The Labute approximate surface area is 155 Å². The van der Waals surface area contributed by atoms with Crippen LogP contribution in [0.1, 0.15) is 30.9 Å². The number of benzene rings is 2. The van der Waals surface area contributed by atoms with Crippen molar-refractivity contribution in [1.82, 2.24) is 4.90 Å². The van der Waals surface area contributed by atoms with Crippen molar-refractivity contribution in [3.8, 4) is 0 Å². The zero-order valence-electron chi connectivity index (χ0n) is 14.8. The quantitative estimate of drug-likeness (QED) is 0.764. The van der Waals surface area contributed by atoms with Gasteiger partial charge in [-0.05, 0) is 23.8 Å². The van der Waals surface area contributed by atoms with Crippen LogP contribution in [0.2, 0.25) is 0 Å². The van der Waals surface area contributed by atoms with Crippen molar-refractivity contribution in [3.63, 3.8) is 0 Å². The van der Waals surface area contributed by atoms with Gasteiger partial charge in [0.25, 0.3) is 0 Å². The molecule has 7 heteroatoms. The fourth-order valence-corrected chi connectivity index (χ4v) is 2.92. The summed E-state index contributed by atoms with van der Waals surface area (Å²) in [5.41, 5.74) is 1.64. The highest BCUT2D eigenvalue weighted by Crippen LogP contribution is 2.20. The molecule has 142 valence electrons. The third kappa shape index (κ3) is 4.67. The predicted octanol–water partition coefficient (Wildman–Crippen LogP) is 4.04. The first-order valence-corrected chi connectivity index (χ1v) is 8.66. The van der Waals surface area contributed by atoms with Gasteiger partial charge in [0.15, 0.2) is 6.10 Å². The van der Waals surface area contributed by atoms with Gasteiger partial charge in [-0.1, -0.05) is 30.3 Å². The number of halogens is 3. The molecule has 0 radical (unpaired) electrons. The highest BCUT2D eigenvalue weighted by Gasteiger charge is 2.27. The Kier molecular flexibility index (Phi) is 5.78. The molecule has 0 unspecified atom stereocenters. The van der Waals surface area contributed by atoms with E-state index < -0.39 is 11.6 Å². The van der Waals surface area contributed by atoms with Crippen molar-refractivity contribution >= 4 is 11.6 Å². The van der Waals surface area contributed by atoms with Crippen molar-refractivity contribution in [2.45, 2.75) is 32.4 Å². The Morgan fingerprint density at radius 3 is 2.52 bits per heavy atom. The first kappa shape index (κ1) is 18.9. The van der Waals surface area contributed by atoms with Crippen molar-refractivity contribution in [2.24, 2.45) is 5.16 Å². The number of nitrogens with zero attached hydrogens (tertiary/aromatic N) is 2. The van der Waals surface area contributed by atoms with E-state index in [1.807, 2.05) is 0 Å². The largest absolute Gasteiger partial charge is 0.390 e. The number of amides is 1. The van der Waals surface area contributed by atoms with E-state index in [9.17, 15) is 18.0 Å². The molecule has 0 saturated heterocycles. The SMILES string of the molecule is CCC(=O)N(Cc1ccc(F)cc1F)C[C@@H]1CC(c2ccc(F)cc2)=NO1. The molecule has 0 fully saturated rings. The number of oxime groups is 1. The Morgan fingerprint density at radius 1 is 1.15 bits per heavy atom. The number of hydrogen-bond acceptors (Lipinski definition) is 3. The van der Waals surface area contributed by atoms with Crippen LogP contribution in [0.15, 0.2) is 47.6 Å². The van der Waals surface area contributed by atoms with E-state index in [-0.39, 0.29) is 42.9 Å². The van der Waals surface area contributed by atoms with Gasteiger partial charge in [0.05, 0.1) is 12.3 Å². The zero-order chi connectivity index (χ0) is 19.4. The van der Waals surface area contributed by atoms with Crippen LogP contribution in [0.25, 0.3) is 0 Å².